The van der Waals surface area contributed by atoms with Crippen molar-refractivity contribution in [2.45, 2.75) is 69.6 Å². The van der Waals surface area contributed by atoms with E-state index < -0.39 is 0 Å². The molecule has 2 rings (SSSR count). The third-order valence-electron chi connectivity index (χ3n) is 4.18. The van der Waals surface area contributed by atoms with Crippen LogP contribution in [-0.2, 0) is 9.47 Å². The van der Waals surface area contributed by atoms with Crippen LogP contribution in [0.3, 0.4) is 0 Å². The molecule has 3 heteroatoms. The molecule has 3 nitrogen and oxygen atoms in total. The summed E-state index contributed by atoms with van der Waals surface area (Å²) in [5.74, 6) is 0. The second-order valence-corrected chi connectivity index (χ2v) is 5.44. The average molecular weight is 241 g/mol. The van der Waals surface area contributed by atoms with Crippen LogP contribution in [0.4, 0.5) is 0 Å². The van der Waals surface area contributed by atoms with Gasteiger partial charge in [0.05, 0.1) is 12.2 Å². The Kier molecular flexibility index (Phi) is 5.75. The van der Waals surface area contributed by atoms with E-state index in [0.29, 0.717) is 18.2 Å². The molecule has 0 amide bonds. The monoisotopic (exact) mass is 241 g/mol. The van der Waals surface area contributed by atoms with Crippen molar-refractivity contribution < 1.29 is 9.47 Å². The quantitative estimate of drug-likeness (QED) is 0.802. The highest BCUT2D eigenvalue weighted by Gasteiger charge is 2.20. The first-order valence-electron chi connectivity index (χ1n) is 7.26. The molecule has 1 saturated carbocycles. The Balaban J connectivity index is 1.53. The molecule has 1 unspecified atom stereocenters. The molecular weight excluding hydrogens is 214 g/mol. The maximum absolute atomic E-state index is 5.74. The lowest BCUT2D eigenvalue weighted by Crippen LogP contribution is -2.37. The molecule has 2 fully saturated rings. The van der Waals surface area contributed by atoms with Gasteiger partial charge in [-0.3, -0.25) is 0 Å². The van der Waals surface area contributed by atoms with Gasteiger partial charge >= 0.3 is 0 Å². The first-order chi connectivity index (χ1) is 8.38. The maximum Gasteiger partial charge on any atom is 0.0587 e. The predicted octanol–water partition coefficient (Wildman–Crippen LogP) is 2.49. The Morgan fingerprint density at radius 3 is 2.59 bits per heavy atom. The van der Waals surface area contributed by atoms with Gasteiger partial charge < -0.3 is 14.8 Å². The van der Waals surface area contributed by atoms with E-state index in [4.69, 9.17) is 9.47 Å². The zero-order chi connectivity index (χ0) is 11.9. The minimum Gasteiger partial charge on any atom is -0.381 e. The van der Waals surface area contributed by atoms with Crippen LogP contribution >= 0.6 is 0 Å². The molecule has 0 aromatic carbocycles. The highest BCUT2D eigenvalue weighted by atomic mass is 16.5. The Labute approximate surface area is 105 Å². The lowest BCUT2D eigenvalue weighted by Gasteiger charge is -2.29. The highest BCUT2D eigenvalue weighted by molar-refractivity contribution is 4.78. The van der Waals surface area contributed by atoms with Gasteiger partial charge in [-0.05, 0) is 57.9 Å². The van der Waals surface area contributed by atoms with Crippen molar-refractivity contribution >= 4 is 0 Å². The van der Waals surface area contributed by atoms with Gasteiger partial charge in [-0.15, -0.1) is 0 Å². The zero-order valence-electron chi connectivity index (χ0n) is 11.1. The van der Waals surface area contributed by atoms with Crippen molar-refractivity contribution in [2.24, 2.45) is 0 Å². The van der Waals surface area contributed by atoms with Crippen LogP contribution < -0.4 is 5.32 Å². The van der Waals surface area contributed by atoms with E-state index in [-0.39, 0.29) is 0 Å². The molecule has 1 aliphatic carbocycles. The molecule has 1 atom stereocenters. The van der Waals surface area contributed by atoms with Crippen LogP contribution in [0, 0.1) is 0 Å². The van der Waals surface area contributed by atoms with Crippen molar-refractivity contribution in [2.75, 3.05) is 20.3 Å². The van der Waals surface area contributed by atoms with E-state index in [1.54, 1.807) is 0 Å². The number of hydrogen-bond acceptors (Lipinski definition) is 3. The van der Waals surface area contributed by atoms with E-state index in [0.717, 1.165) is 13.2 Å². The van der Waals surface area contributed by atoms with Crippen molar-refractivity contribution in [3.05, 3.63) is 0 Å². The van der Waals surface area contributed by atoms with Gasteiger partial charge in [-0.1, -0.05) is 0 Å². The molecule has 1 saturated heterocycles. The topological polar surface area (TPSA) is 30.5 Å². The summed E-state index contributed by atoms with van der Waals surface area (Å²) in [6.45, 7) is 2.09. The molecule has 0 spiro atoms. The summed E-state index contributed by atoms with van der Waals surface area (Å²) in [6, 6.07) is 0.713. The molecule has 17 heavy (non-hydrogen) atoms. The Morgan fingerprint density at radius 1 is 1.12 bits per heavy atom. The minimum atomic E-state index is 0.509. The minimum absolute atomic E-state index is 0.509. The first kappa shape index (κ1) is 13.3. The lowest BCUT2D eigenvalue weighted by molar-refractivity contribution is 0.0103. The van der Waals surface area contributed by atoms with E-state index >= 15 is 0 Å². The second-order valence-electron chi connectivity index (χ2n) is 5.44. The molecule has 0 bridgehead atoms. The second kappa shape index (κ2) is 7.34. The summed E-state index contributed by atoms with van der Waals surface area (Å²) in [7, 11) is 1.83. The third-order valence-corrected chi connectivity index (χ3v) is 4.18. The first-order valence-corrected chi connectivity index (χ1v) is 7.26. The molecule has 0 aromatic heterocycles. The van der Waals surface area contributed by atoms with Gasteiger partial charge in [0, 0.05) is 19.8 Å². The Bertz CT molecular complexity index is 196. The normalized spacial score (nSPS) is 34.8. The van der Waals surface area contributed by atoms with E-state index in [9.17, 15) is 0 Å². The fraction of sp³-hybridized carbons (Fsp3) is 1.00. The summed E-state index contributed by atoms with van der Waals surface area (Å²) in [5.41, 5.74) is 0. The van der Waals surface area contributed by atoms with E-state index in [1.165, 1.54) is 51.4 Å². The molecule has 1 aliphatic heterocycles. The number of nitrogens with one attached hydrogen (secondary N) is 1. The smallest absolute Gasteiger partial charge is 0.0587 e. The van der Waals surface area contributed by atoms with Gasteiger partial charge in [0.25, 0.3) is 0 Å². The summed E-state index contributed by atoms with van der Waals surface area (Å²) < 4.78 is 11.1. The SMILES string of the molecule is COC1CCC(NCCC2CCCCO2)CC1. The Hall–Kier alpha value is -0.120. The summed E-state index contributed by atoms with van der Waals surface area (Å²) in [5, 5.41) is 3.68. The fourth-order valence-corrected chi connectivity index (χ4v) is 2.99. The van der Waals surface area contributed by atoms with Crippen LogP contribution in [0.2, 0.25) is 0 Å². The van der Waals surface area contributed by atoms with Crippen LogP contribution in [0.15, 0.2) is 0 Å². The lowest BCUT2D eigenvalue weighted by atomic mass is 9.93. The van der Waals surface area contributed by atoms with Gasteiger partial charge in [0.2, 0.25) is 0 Å². The highest BCUT2D eigenvalue weighted by Crippen LogP contribution is 2.21. The standard InChI is InChI=1S/C14H27NO2/c1-16-13-7-5-12(6-8-13)15-10-9-14-4-2-3-11-17-14/h12-15H,2-11H2,1H3. The van der Waals surface area contributed by atoms with Crippen LogP contribution in [0.5, 0.6) is 0 Å². The van der Waals surface area contributed by atoms with Gasteiger partial charge in [-0.25, -0.2) is 0 Å². The maximum atomic E-state index is 5.74. The molecule has 0 aromatic rings. The van der Waals surface area contributed by atoms with Crippen molar-refractivity contribution in [3.63, 3.8) is 0 Å². The molecule has 1 N–H and O–H groups in total. The molecule has 100 valence electrons. The van der Waals surface area contributed by atoms with Crippen molar-refractivity contribution in [1.82, 2.24) is 5.32 Å². The predicted molar refractivity (Wildman–Crippen MR) is 69.3 cm³/mol. The van der Waals surface area contributed by atoms with Crippen LogP contribution in [0.1, 0.15) is 51.4 Å². The Morgan fingerprint density at radius 2 is 1.94 bits per heavy atom. The summed E-state index contributed by atoms with van der Waals surface area (Å²) in [4.78, 5) is 0. The van der Waals surface area contributed by atoms with E-state index in [2.05, 4.69) is 5.32 Å². The number of hydrogen-bond donors (Lipinski definition) is 1. The molecular formula is C14H27NO2. The summed E-state index contributed by atoms with van der Waals surface area (Å²) >= 11 is 0. The molecule has 1 heterocycles. The summed E-state index contributed by atoms with van der Waals surface area (Å²) in [6.07, 6.45) is 11.0. The van der Waals surface area contributed by atoms with Crippen molar-refractivity contribution in [3.8, 4) is 0 Å². The number of ether oxygens (including phenoxy) is 2. The van der Waals surface area contributed by atoms with Gasteiger partial charge in [0.15, 0.2) is 0 Å². The van der Waals surface area contributed by atoms with Crippen molar-refractivity contribution in [1.29, 1.82) is 0 Å². The average Bonchev–Trinajstić information content (AvgIpc) is 2.41. The van der Waals surface area contributed by atoms with Gasteiger partial charge in [-0.2, -0.15) is 0 Å². The van der Waals surface area contributed by atoms with Gasteiger partial charge in [0.1, 0.15) is 0 Å². The number of rotatable bonds is 5. The van der Waals surface area contributed by atoms with Crippen LogP contribution in [0.25, 0.3) is 0 Å². The van der Waals surface area contributed by atoms with Crippen LogP contribution in [-0.4, -0.2) is 38.5 Å². The molecule has 0 radical (unpaired) electrons. The van der Waals surface area contributed by atoms with E-state index in [1.807, 2.05) is 7.11 Å². The largest absolute Gasteiger partial charge is 0.381 e. The fourth-order valence-electron chi connectivity index (χ4n) is 2.99. The number of methoxy groups -OCH3 is 1. The zero-order valence-corrected chi connectivity index (χ0v) is 11.1. The molecule has 2 aliphatic rings. The third kappa shape index (κ3) is 4.57.